The first kappa shape index (κ1) is 21.7. The minimum absolute atomic E-state index is 0.140. The first-order valence-corrected chi connectivity index (χ1v) is 9.51. The summed E-state index contributed by atoms with van der Waals surface area (Å²) in [6, 6.07) is 17.6. The zero-order chi connectivity index (χ0) is 22.2. The molecule has 0 aliphatic rings. The molecule has 0 bridgehead atoms. The fraction of sp³-hybridized carbons (Fsp3) is 0.125. The molecule has 0 saturated heterocycles. The second-order valence-corrected chi connectivity index (χ2v) is 6.77. The van der Waals surface area contributed by atoms with E-state index in [1.165, 1.54) is 24.4 Å². The second-order valence-electron chi connectivity index (χ2n) is 6.77. The van der Waals surface area contributed by atoms with E-state index in [0.29, 0.717) is 11.3 Å². The molecule has 7 heteroatoms. The van der Waals surface area contributed by atoms with Crippen LogP contribution in [-0.4, -0.2) is 24.7 Å². The number of carbonyl (C=O) groups excluding carboxylic acids is 2. The second kappa shape index (κ2) is 10.2. The summed E-state index contributed by atoms with van der Waals surface area (Å²) in [4.78, 5) is 23.9. The van der Waals surface area contributed by atoms with Crippen LogP contribution < -0.4 is 14.9 Å². The molecule has 0 unspecified atom stereocenters. The van der Waals surface area contributed by atoms with E-state index in [9.17, 15) is 14.0 Å². The van der Waals surface area contributed by atoms with Gasteiger partial charge in [0.2, 0.25) is 0 Å². The molecule has 31 heavy (non-hydrogen) atoms. The van der Waals surface area contributed by atoms with Gasteiger partial charge in [-0.25, -0.2) is 14.6 Å². The van der Waals surface area contributed by atoms with E-state index in [-0.39, 0.29) is 17.9 Å². The summed E-state index contributed by atoms with van der Waals surface area (Å²) in [7, 11) is 0. The van der Waals surface area contributed by atoms with Crippen LogP contribution in [0.1, 0.15) is 27.0 Å². The van der Waals surface area contributed by atoms with Gasteiger partial charge in [-0.1, -0.05) is 18.2 Å². The maximum atomic E-state index is 13.6. The molecule has 1 N–H and O–H groups in total. The van der Waals surface area contributed by atoms with Gasteiger partial charge in [0, 0.05) is 0 Å². The van der Waals surface area contributed by atoms with Gasteiger partial charge in [0.25, 0.3) is 5.91 Å². The third kappa shape index (κ3) is 6.24. The van der Waals surface area contributed by atoms with Crippen molar-refractivity contribution in [2.75, 3.05) is 6.61 Å². The maximum absolute atomic E-state index is 13.6. The lowest BCUT2D eigenvalue weighted by molar-refractivity contribution is -0.123. The summed E-state index contributed by atoms with van der Waals surface area (Å²) in [5.41, 5.74) is 5.14. The van der Waals surface area contributed by atoms with Gasteiger partial charge in [0.05, 0.1) is 11.8 Å². The molecule has 0 spiro atoms. The zero-order valence-electron chi connectivity index (χ0n) is 17.1. The van der Waals surface area contributed by atoms with Crippen molar-refractivity contribution in [3.63, 3.8) is 0 Å². The number of nitrogens with zero attached hydrogens (tertiary/aromatic N) is 1. The van der Waals surface area contributed by atoms with E-state index in [2.05, 4.69) is 10.5 Å². The molecule has 3 aromatic carbocycles. The molecule has 158 valence electrons. The van der Waals surface area contributed by atoms with E-state index in [4.69, 9.17) is 9.47 Å². The normalized spacial score (nSPS) is 10.7. The van der Waals surface area contributed by atoms with Crippen LogP contribution in [0.4, 0.5) is 4.39 Å². The smallest absolute Gasteiger partial charge is 0.346 e. The van der Waals surface area contributed by atoms with Gasteiger partial charge in [-0.05, 0) is 79.1 Å². The van der Waals surface area contributed by atoms with Crippen LogP contribution in [0.5, 0.6) is 11.5 Å². The van der Waals surface area contributed by atoms with Crippen LogP contribution in [0.3, 0.4) is 0 Å². The minimum Gasteiger partial charge on any atom is -0.484 e. The van der Waals surface area contributed by atoms with Crippen molar-refractivity contribution in [3.05, 3.63) is 94.8 Å². The minimum atomic E-state index is -0.782. The van der Waals surface area contributed by atoms with Crippen molar-refractivity contribution in [1.29, 1.82) is 0 Å². The fourth-order valence-corrected chi connectivity index (χ4v) is 2.57. The maximum Gasteiger partial charge on any atom is 0.346 e. The first-order valence-electron chi connectivity index (χ1n) is 9.51. The fourth-order valence-electron chi connectivity index (χ4n) is 2.57. The molecule has 6 nitrogen and oxygen atoms in total. The van der Waals surface area contributed by atoms with Crippen molar-refractivity contribution in [1.82, 2.24) is 5.43 Å². The van der Waals surface area contributed by atoms with Crippen LogP contribution in [-0.2, 0) is 4.79 Å². The van der Waals surface area contributed by atoms with Crippen molar-refractivity contribution >= 4 is 18.1 Å². The van der Waals surface area contributed by atoms with Gasteiger partial charge in [-0.2, -0.15) is 5.10 Å². The summed E-state index contributed by atoms with van der Waals surface area (Å²) >= 11 is 0. The highest BCUT2D eigenvalue weighted by molar-refractivity contribution is 5.91. The molecule has 0 saturated carbocycles. The van der Waals surface area contributed by atoms with Crippen LogP contribution in [0, 0.1) is 19.7 Å². The Morgan fingerprint density at radius 1 is 0.968 bits per heavy atom. The van der Waals surface area contributed by atoms with Gasteiger partial charge in [0.1, 0.15) is 17.3 Å². The Kier molecular flexibility index (Phi) is 7.11. The lowest BCUT2D eigenvalue weighted by Gasteiger charge is -2.07. The SMILES string of the molecule is Cc1ccc(OCC(=O)NN=Cc2ccc(OC(=O)c3ccccc3F)cc2)cc1C. The number of hydrogen-bond donors (Lipinski definition) is 1. The highest BCUT2D eigenvalue weighted by Crippen LogP contribution is 2.17. The van der Waals surface area contributed by atoms with Gasteiger partial charge in [0.15, 0.2) is 6.61 Å². The third-order valence-corrected chi connectivity index (χ3v) is 4.44. The van der Waals surface area contributed by atoms with Gasteiger partial charge in [-0.3, -0.25) is 4.79 Å². The molecule has 0 aliphatic heterocycles. The number of ether oxygens (including phenoxy) is 2. The summed E-state index contributed by atoms with van der Waals surface area (Å²) < 4.78 is 24.2. The average Bonchev–Trinajstić information content (AvgIpc) is 2.76. The van der Waals surface area contributed by atoms with Crippen molar-refractivity contribution in [2.45, 2.75) is 13.8 Å². The Labute approximate surface area is 179 Å². The molecular formula is C24H21FN2O4. The van der Waals surface area contributed by atoms with Crippen molar-refractivity contribution < 1.29 is 23.5 Å². The molecule has 0 atom stereocenters. The van der Waals surface area contributed by atoms with E-state index in [1.807, 2.05) is 26.0 Å². The predicted octanol–water partition coefficient (Wildman–Crippen LogP) is 4.19. The number of hydrogen-bond acceptors (Lipinski definition) is 5. The number of rotatable bonds is 7. The number of aryl methyl sites for hydroxylation is 2. The van der Waals surface area contributed by atoms with E-state index in [0.717, 1.165) is 11.1 Å². The van der Waals surface area contributed by atoms with Crippen LogP contribution in [0.25, 0.3) is 0 Å². The highest BCUT2D eigenvalue weighted by atomic mass is 19.1. The monoisotopic (exact) mass is 420 g/mol. The highest BCUT2D eigenvalue weighted by Gasteiger charge is 2.13. The van der Waals surface area contributed by atoms with Crippen LogP contribution in [0.15, 0.2) is 71.8 Å². The Morgan fingerprint density at radius 2 is 1.68 bits per heavy atom. The molecule has 3 rings (SSSR count). The number of esters is 1. The predicted molar refractivity (Wildman–Crippen MR) is 115 cm³/mol. The van der Waals surface area contributed by atoms with Crippen molar-refractivity contribution in [2.24, 2.45) is 5.10 Å². The number of carbonyl (C=O) groups is 2. The van der Waals surface area contributed by atoms with Gasteiger partial charge in [-0.15, -0.1) is 0 Å². The molecule has 0 aliphatic carbocycles. The van der Waals surface area contributed by atoms with E-state index in [1.54, 1.807) is 36.4 Å². The summed E-state index contributed by atoms with van der Waals surface area (Å²) in [5.74, 6) is -0.951. The Morgan fingerprint density at radius 3 is 2.39 bits per heavy atom. The molecule has 3 aromatic rings. The van der Waals surface area contributed by atoms with E-state index < -0.39 is 17.7 Å². The number of amides is 1. The van der Waals surface area contributed by atoms with Crippen molar-refractivity contribution in [3.8, 4) is 11.5 Å². The number of nitrogens with one attached hydrogen (secondary N) is 1. The molecule has 0 radical (unpaired) electrons. The molecular weight excluding hydrogens is 399 g/mol. The molecule has 0 heterocycles. The zero-order valence-corrected chi connectivity index (χ0v) is 17.1. The van der Waals surface area contributed by atoms with E-state index >= 15 is 0 Å². The summed E-state index contributed by atoms with van der Waals surface area (Å²) in [6.45, 7) is 3.81. The van der Waals surface area contributed by atoms with Crippen LogP contribution >= 0.6 is 0 Å². The molecule has 0 fully saturated rings. The summed E-state index contributed by atoms with van der Waals surface area (Å²) in [5, 5.41) is 3.87. The molecule has 0 aromatic heterocycles. The van der Waals surface area contributed by atoms with Gasteiger partial charge >= 0.3 is 5.97 Å². The standard InChI is InChI=1S/C24H21FN2O4/c1-16-7-10-20(13-17(16)2)30-15-23(28)27-26-14-18-8-11-19(12-9-18)31-24(29)21-5-3-4-6-22(21)25/h3-14H,15H2,1-2H3,(H,27,28). The van der Waals surface area contributed by atoms with Gasteiger partial charge < -0.3 is 9.47 Å². The number of halogens is 1. The largest absolute Gasteiger partial charge is 0.484 e. The number of hydrazone groups is 1. The third-order valence-electron chi connectivity index (χ3n) is 4.44. The first-order chi connectivity index (χ1) is 14.9. The Hall–Kier alpha value is -4.00. The lowest BCUT2D eigenvalue weighted by Crippen LogP contribution is -2.24. The van der Waals surface area contributed by atoms with Crippen LogP contribution in [0.2, 0.25) is 0 Å². The number of benzene rings is 3. The summed E-state index contributed by atoms with van der Waals surface area (Å²) in [6.07, 6.45) is 1.44. The average molecular weight is 420 g/mol. The molecule has 1 amide bonds. The Balaban J connectivity index is 1.47. The topological polar surface area (TPSA) is 77.0 Å². The Bertz CT molecular complexity index is 1110. The lowest BCUT2D eigenvalue weighted by atomic mass is 10.1. The quantitative estimate of drug-likeness (QED) is 0.269.